The van der Waals surface area contributed by atoms with E-state index in [1.165, 1.54) is 0 Å². The van der Waals surface area contributed by atoms with Gasteiger partial charge in [0.2, 0.25) is 0 Å². The van der Waals surface area contributed by atoms with Crippen LogP contribution in [0.3, 0.4) is 0 Å². The summed E-state index contributed by atoms with van der Waals surface area (Å²) < 4.78 is 0. The Labute approximate surface area is 77.4 Å². The zero-order chi connectivity index (χ0) is 9.14. The van der Waals surface area contributed by atoms with Crippen LogP contribution >= 0.6 is 11.6 Å². The Morgan fingerprint density at radius 3 is 2.67 bits per heavy atom. The number of hydrogen-bond acceptors (Lipinski definition) is 1. The van der Waals surface area contributed by atoms with Crippen LogP contribution in [0.25, 0.3) is 0 Å². The van der Waals surface area contributed by atoms with E-state index in [0.29, 0.717) is 11.4 Å². The number of aryl methyl sites for hydroxylation is 1. The number of Topliss-reactive ketones (excluding diaryl/α,β-unsaturated/α-hetero) is 1. The number of carbonyl (C=O) groups is 1. The second-order valence-corrected chi connectivity index (χ2v) is 3.17. The highest BCUT2D eigenvalue weighted by molar-refractivity contribution is 6.30. The summed E-state index contributed by atoms with van der Waals surface area (Å²) >= 11 is 5.75. The Morgan fingerprint density at radius 2 is 2.17 bits per heavy atom. The van der Waals surface area contributed by atoms with Crippen molar-refractivity contribution in [3.05, 3.63) is 34.3 Å². The average molecular weight is 183 g/mol. The van der Waals surface area contributed by atoms with E-state index in [1.807, 2.05) is 19.9 Å². The fourth-order valence-electron chi connectivity index (χ4n) is 1.13. The molecule has 1 aromatic carbocycles. The van der Waals surface area contributed by atoms with Gasteiger partial charge in [-0.1, -0.05) is 18.5 Å². The molecule has 2 heteroatoms. The fourth-order valence-corrected chi connectivity index (χ4v) is 1.36. The van der Waals surface area contributed by atoms with E-state index in [9.17, 15) is 4.79 Å². The van der Waals surface area contributed by atoms with Gasteiger partial charge in [0, 0.05) is 17.0 Å². The minimum atomic E-state index is 0.171. The fraction of sp³-hybridized carbons (Fsp3) is 0.300. The van der Waals surface area contributed by atoms with E-state index < -0.39 is 0 Å². The molecule has 0 unspecified atom stereocenters. The van der Waals surface area contributed by atoms with Crippen LogP contribution in [0.1, 0.15) is 29.3 Å². The van der Waals surface area contributed by atoms with Gasteiger partial charge < -0.3 is 0 Å². The molecule has 0 heterocycles. The zero-order valence-electron chi connectivity index (χ0n) is 7.23. The summed E-state index contributed by atoms with van der Waals surface area (Å²) in [6.07, 6.45) is 0.544. The molecule has 12 heavy (non-hydrogen) atoms. The SMILES string of the molecule is CCC(=O)c1ccc(Cl)cc1C. The summed E-state index contributed by atoms with van der Waals surface area (Å²) in [6, 6.07) is 5.34. The number of rotatable bonds is 2. The van der Waals surface area contributed by atoms with Crippen molar-refractivity contribution < 1.29 is 4.79 Å². The van der Waals surface area contributed by atoms with Crippen molar-refractivity contribution in [2.24, 2.45) is 0 Å². The summed E-state index contributed by atoms with van der Waals surface area (Å²) in [5.41, 5.74) is 1.73. The van der Waals surface area contributed by atoms with Crippen molar-refractivity contribution in [3.63, 3.8) is 0 Å². The minimum Gasteiger partial charge on any atom is -0.294 e. The third-order valence-electron chi connectivity index (χ3n) is 1.81. The number of carbonyl (C=O) groups excluding carboxylic acids is 1. The summed E-state index contributed by atoms with van der Waals surface area (Å²) in [7, 11) is 0. The Balaban J connectivity index is 3.09. The molecule has 0 bridgehead atoms. The molecule has 0 N–H and O–H groups in total. The first kappa shape index (κ1) is 9.27. The standard InChI is InChI=1S/C10H11ClO/c1-3-10(12)9-5-4-8(11)6-7(9)2/h4-6H,3H2,1-2H3. The monoisotopic (exact) mass is 182 g/mol. The second kappa shape index (κ2) is 3.72. The van der Waals surface area contributed by atoms with Crippen molar-refractivity contribution >= 4 is 17.4 Å². The van der Waals surface area contributed by atoms with Crippen LogP contribution in [0.15, 0.2) is 18.2 Å². The predicted molar refractivity (Wildman–Crippen MR) is 50.8 cm³/mol. The lowest BCUT2D eigenvalue weighted by Crippen LogP contribution is -1.98. The average Bonchev–Trinajstić information content (AvgIpc) is 2.03. The maximum atomic E-state index is 11.3. The number of hydrogen-bond donors (Lipinski definition) is 0. The Bertz CT molecular complexity index is 305. The van der Waals surface area contributed by atoms with Crippen molar-refractivity contribution in [2.45, 2.75) is 20.3 Å². The van der Waals surface area contributed by atoms with Crippen molar-refractivity contribution in [2.75, 3.05) is 0 Å². The molecule has 0 saturated carbocycles. The van der Waals surface area contributed by atoms with Gasteiger partial charge in [-0.3, -0.25) is 4.79 Å². The van der Waals surface area contributed by atoms with E-state index in [1.54, 1.807) is 12.1 Å². The Kier molecular flexibility index (Phi) is 2.88. The van der Waals surface area contributed by atoms with Crippen LogP contribution in [0.5, 0.6) is 0 Å². The molecule has 0 aromatic heterocycles. The quantitative estimate of drug-likeness (QED) is 0.642. The van der Waals surface area contributed by atoms with E-state index >= 15 is 0 Å². The van der Waals surface area contributed by atoms with Crippen LogP contribution in [-0.2, 0) is 0 Å². The molecule has 64 valence electrons. The molecule has 1 rings (SSSR count). The smallest absolute Gasteiger partial charge is 0.162 e. The van der Waals surface area contributed by atoms with E-state index in [0.717, 1.165) is 11.1 Å². The highest BCUT2D eigenvalue weighted by Gasteiger charge is 2.05. The summed E-state index contributed by atoms with van der Waals surface area (Å²) in [6.45, 7) is 3.76. The highest BCUT2D eigenvalue weighted by atomic mass is 35.5. The van der Waals surface area contributed by atoms with E-state index in [-0.39, 0.29) is 5.78 Å². The maximum absolute atomic E-state index is 11.3. The largest absolute Gasteiger partial charge is 0.294 e. The maximum Gasteiger partial charge on any atom is 0.162 e. The van der Waals surface area contributed by atoms with Gasteiger partial charge in [0.15, 0.2) is 5.78 Å². The van der Waals surface area contributed by atoms with Gasteiger partial charge in [-0.15, -0.1) is 0 Å². The molecule has 0 aliphatic carbocycles. The molecular formula is C10H11ClO. The van der Waals surface area contributed by atoms with Gasteiger partial charge in [0.1, 0.15) is 0 Å². The van der Waals surface area contributed by atoms with Crippen LogP contribution in [-0.4, -0.2) is 5.78 Å². The van der Waals surface area contributed by atoms with Crippen LogP contribution in [0.4, 0.5) is 0 Å². The zero-order valence-corrected chi connectivity index (χ0v) is 7.98. The molecule has 1 aromatic rings. The lowest BCUT2D eigenvalue weighted by atomic mass is 10.0. The predicted octanol–water partition coefficient (Wildman–Crippen LogP) is 3.24. The highest BCUT2D eigenvalue weighted by Crippen LogP contribution is 2.16. The van der Waals surface area contributed by atoms with Gasteiger partial charge >= 0.3 is 0 Å². The number of benzene rings is 1. The lowest BCUT2D eigenvalue weighted by molar-refractivity contribution is 0.0987. The van der Waals surface area contributed by atoms with Gasteiger partial charge in [0.25, 0.3) is 0 Å². The van der Waals surface area contributed by atoms with E-state index in [4.69, 9.17) is 11.6 Å². The molecule has 1 nitrogen and oxygen atoms in total. The van der Waals surface area contributed by atoms with Crippen molar-refractivity contribution in [1.82, 2.24) is 0 Å². The normalized spacial score (nSPS) is 9.92. The Morgan fingerprint density at radius 1 is 1.50 bits per heavy atom. The summed E-state index contributed by atoms with van der Waals surface area (Å²) in [5, 5.41) is 0.681. The molecule has 0 amide bonds. The molecule has 0 aliphatic heterocycles. The van der Waals surface area contributed by atoms with Crippen LogP contribution in [0.2, 0.25) is 5.02 Å². The van der Waals surface area contributed by atoms with Gasteiger partial charge in [-0.25, -0.2) is 0 Å². The molecule has 0 saturated heterocycles. The second-order valence-electron chi connectivity index (χ2n) is 2.74. The molecular weight excluding hydrogens is 172 g/mol. The van der Waals surface area contributed by atoms with Crippen molar-refractivity contribution in [1.29, 1.82) is 0 Å². The summed E-state index contributed by atoms with van der Waals surface area (Å²) in [5.74, 6) is 0.171. The first-order valence-electron chi connectivity index (χ1n) is 3.94. The third kappa shape index (κ3) is 1.86. The van der Waals surface area contributed by atoms with Crippen LogP contribution in [0, 0.1) is 6.92 Å². The third-order valence-corrected chi connectivity index (χ3v) is 2.05. The molecule has 0 radical (unpaired) electrons. The molecule has 0 aliphatic rings. The van der Waals surface area contributed by atoms with Gasteiger partial charge in [-0.05, 0) is 30.7 Å². The Hall–Kier alpha value is -0.820. The summed E-state index contributed by atoms with van der Waals surface area (Å²) in [4.78, 5) is 11.3. The number of ketones is 1. The first-order valence-corrected chi connectivity index (χ1v) is 4.32. The topological polar surface area (TPSA) is 17.1 Å². The molecule has 0 spiro atoms. The number of halogens is 1. The lowest BCUT2D eigenvalue weighted by Gasteiger charge is -2.02. The first-order chi connectivity index (χ1) is 5.65. The molecule has 0 fully saturated rings. The molecule has 0 atom stereocenters. The van der Waals surface area contributed by atoms with Gasteiger partial charge in [-0.2, -0.15) is 0 Å². The van der Waals surface area contributed by atoms with Crippen LogP contribution < -0.4 is 0 Å². The minimum absolute atomic E-state index is 0.171. The van der Waals surface area contributed by atoms with Gasteiger partial charge in [0.05, 0.1) is 0 Å². The van der Waals surface area contributed by atoms with Crippen molar-refractivity contribution in [3.8, 4) is 0 Å². The van der Waals surface area contributed by atoms with E-state index in [2.05, 4.69) is 0 Å².